The summed E-state index contributed by atoms with van der Waals surface area (Å²) >= 11 is 5.76. The Balaban J connectivity index is 2.24. The van der Waals surface area contributed by atoms with Crippen molar-refractivity contribution in [2.45, 2.75) is 0 Å². The Bertz CT molecular complexity index is 621. The number of fused-ring (bicyclic) bond motifs is 1. The molecule has 0 saturated heterocycles. The molecule has 0 radical (unpaired) electrons. The minimum absolute atomic E-state index is 0.151. The first-order valence-electron chi connectivity index (χ1n) is 5.34. The molecule has 1 aromatic rings. The van der Waals surface area contributed by atoms with Gasteiger partial charge in [0.25, 0.3) is 11.7 Å². The maximum Gasteiger partial charge on any atom is 0.299 e. The molecule has 0 atom stereocenters. The van der Waals surface area contributed by atoms with Crippen molar-refractivity contribution < 1.29 is 14.4 Å². The topological polar surface area (TPSA) is 90.3 Å². The van der Waals surface area contributed by atoms with Crippen LogP contribution in [0.4, 0.5) is 5.69 Å². The van der Waals surface area contributed by atoms with E-state index in [0.29, 0.717) is 10.7 Å². The molecular formula is C12H8ClN3O3. The minimum Gasteiger partial charge on any atom is -0.341 e. The highest BCUT2D eigenvalue weighted by molar-refractivity contribution is 6.53. The molecule has 0 aromatic heterocycles. The van der Waals surface area contributed by atoms with Gasteiger partial charge in [-0.25, -0.2) is 0 Å². The van der Waals surface area contributed by atoms with E-state index in [0.717, 1.165) is 4.90 Å². The summed E-state index contributed by atoms with van der Waals surface area (Å²) in [6, 6.07) is 6.19. The van der Waals surface area contributed by atoms with Crippen LogP contribution in [0.3, 0.4) is 0 Å². The first-order valence-corrected chi connectivity index (χ1v) is 5.72. The molecule has 2 amide bonds. The number of halogens is 1. The smallest absolute Gasteiger partial charge is 0.299 e. The number of nitrogens with one attached hydrogen (secondary N) is 1. The molecule has 96 valence electrons. The number of ketones is 1. The maximum absolute atomic E-state index is 11.8. The van der Waals surface area contributed by atoms with Gasteiger partial charge in [0, 0.05) is 5.02 Å². The number of carbonyl (C=O) groups excluding carboxylic acids is 3. The number of nitriles is 1. The first kappa shape index (κ1) is 13.1. The summed E-state index contributed by atoms with van der Waals surface area (Å²) in [7, 11) is 0. The number of hydrogen-bond donors (Lipinski definition) is 1. The SMILES string of the molecule is N#CCNC(=O)CN1C(=O)C(=O)c2cc(Cl)ccc21. The van der Waals surface area contributed by atoms with Crippen LogP contribution in [0.1, 0.15) is 10.4 Å². The van der Waals surface area contributed by atoms with Gasteiger partial charge in [-0.1, -0.05) is 11.6 Å². The molecule has 0 bridgehead atoms. The van der Waals surface area contributed by atoms with Crippen molar-refractivity contribution in [2.75, 3.05) is 18.0 Å². The zero-order chi connectivity index (χ0) is 14.0. The lowest BCUT2D eigenvalue weighted by atomic mass is 10.1. The molecule has 1 N–H and O–H groups in total. The standard InChI is InChI=1S/C12H8ClN3O3/c13-7-1-2-9-8(5-7)11(18)12(19)16(9)6-10(17)15-4-3-14/h1-2,5H,4,6H2,(H,15,17). The van der Waals surface area contributed by atoms with Gasteiger partial charge in [0.2, 0.25) is 5.91 Å². The summed E-state index contributed by atoms with van der Waals surface area (Å²) in [5, 5.41) is 11.0. The van der Waals surface area contributed by atoms with E-state index >= 15 is 0 Å². The monoisotopic (exact) mass is 277 g/mol. The Kier molecular flexibility index (Phi) is 3.49. The predicted octanol–water partition coefficient (Wildman–Crippen LogP) is 0.509. The lowest BCUT2D eigenvalue weighted by molar-refractivity contribution is -0.121. The molecule has 19 heavy (non-hydrogen) atoms. The lowest BCUT2D eigenvalue weighted by Crippen LogP contribution is -2.40. The molecule has 2 rings (SSSR count). The van der Waals surface area contributed by atoms with E-state index in [1.807, 2.05) is 0 Å². The normalized spacial score (nSPS) is 13.2. The molecule has 0 unspecified atom stereocenters. The van der Waals surface area contributed by atoms with Crippen molar-refractivity contribution in [3.8, 4) is 6.07 Å². The van der Waals surface area contributed by atoms with Gasteiger partial charge < -0.3 is 5.32 Å². The number of carbonyl (C=O) groups is 3. The van der Waals surface area contributed by atoms with Gasteiger partial charge >= 0.3 is 0 Å². The Morgan fingerprint density at radius 3 is 2.84 bits per heavy atom. The van der Waals surface area contributed by atoms with E-state index < -0.39 is 17.6 Å². The van der Waals surface area contributed by atoms with Crippen molar-refractivity contribution in [1.82, 2.24) is 5.32 Å². The fraction of sp³-hybridized carbons (Fsp3) is 0.167. The molecule has 0 spiro atoms. The van der Waals surface area contributed by atoms with Crippen LogP contribution in [0.25, 0.3) is 0 Å². The molecular weight excluding hydrogens is 270 g/mol. The zero-order valence-corrected chi connectivity index (χ0v) is 10.4. The second-order valence-electron chi connectivity index (χ2n) is 3.82. The molecule has 1 aliphatic rings. The number of benzene rings is 1. The van der Waals surface area contributed by atoms with Gasteiger partial charge in [0.15, 0.2) is 0 Å². The van der Waals surface area contributed by atoms with Gasteiger partial charge in [0.05, 0.1) is 17.3 Å². The summed E-state index contributed by atoms with van der Waals surface area (Å²) in [4.78, 5) is 36.1. The van der Waals surface area contributed by atoms with Crippen molar-refractivity contribution in [1.29, 1.82) is 5.26 Å². The van der Waals surface area contributed by atoms with E-state index in [9.17, 15) is 14.4 Å². The Labute approximate surface area is 113 Å². The van der Waals surface area contributed by atoms with Crippen LogP contribution in [0, 0.1) is 11.3 Å². The molecule has 7 heteroatoms. The summed E-state index contributed by atoms with van der Waals surface area (Å²) in [5.41, 5.74) is 0.539. The molecule has 0 saturated carbocycles. The summed E-state index contributed by atoms with van der Waals surface area (Å²) < 4.78 is 0. The molecule has 6 nitrogen and oxygen atoms in total. The van der Waals surface area contributed by atoms with E-state index in [1.165, 1.54) is 18.2 Å². The van der Waals surface area contributed by atoms with E-state index in [1.54, 1.807) is 6.07 Å². The number of nitrogens with zero attached hydrogens (tertiary/aromatic N) is 2. The highest BCUT2D eigenvalue weighted by atomic mass is 35.5. The highest BCUT2D eigenvalue weighted by Gasteiger charge is 2.36. The largest absolute Gasteiger partial charge is 0.341 e. The van der Waals surface area contributed by atoms with Gasteiger partial charge in [-0.05, 0) is 18.2 Å². The molecule has 0 fully saturated rings. The molecule has 1 heterocycles. The summed E-state index contributed by atoms with van der Waals surface area (Å²) in [6.45, 7) is -0.455. The third-order valence-electron chi connectivity index (χ3n) is 2.60. The van der Waals surface area contributed by atoms with Crippen molar-refractivity contribution in [3.63, 3.8) is 0 Å². The lowest BCUT2D eigenvalue weighted by Gasteiger charge is -2.15. The van der Waals surface area contributed by atoms with Crippen molar-refractivity contribution in [2.24, 2.45) is 0 Å². The van der Waals surface area contributed by atoms with Gasteiger partial charge in [-0.15, -0.1) is 0 Å². The van der Waals surface area contributed by atoms with Gasteiger partial charge in [0.1, 0.15) is 13.1 Å². The molecule has 1 aromatic carbocycles. The number of hydrogen-bond acceptors (Lipinski definition) is 4. The number of amides is 2. The van der Waals surface area contributed by atoms with Crippen LogP contribution < -0.4 is 10.2 Å². The number of anilines is 1. The van der Waals surface area contributed by atoms with E-state index in [-0.39, 0.29) is 18.7 Å². The molecule has 0 aliphatic carbocycles. The van der Waals surface area contributed by atoms with Crippen molar-refractivity contribution in [3.05, 3.63) is 28.8 Å². The second-order valence-corrected chi connectivity index (χ2v) is 4.25. The predicted molar refractivity (Wildman–Crippen MR) is 66.8 cm³/mol. The minimum atomic E-state index is -0.774. The second kappa shape index (κ2) is 5.08. The fourth-order valence-electron chi connectivity index (χ4n) is 1.77. The maximum atomic E-state index is 11.8. The van der Waals surface area contributed by atoms with Crippen molar-refractivity contribution >= 4 is 34.9 Å². The molecule has 1 aliphatic heterocycles. The Morgan fingerprint density at radius 1 is 1.42 bits per heavy atom. The van der Waals surface area contributed by atoms with Crippen LogP contribution >= 0.6 is 11.6 Å². The van der Waals surface area contributed by atoms with Crippen LogP contribution in [0.15, 0.2) is 18.2 Å². The van der Waals surface area contributed by atoms with Crippen LogP contribution in [0.5, 0.6) is 0 Å². The highest BCUT2D eigenvalue weighted by Crippen LogP contribution is 2.30. The van der Waals surface area contributed by atoms with Crippen LogP contribution in [-0.2, 0) is 9.59 Å². The Hall–Kier alpha value is -2.39. The van der Waals surface area contributed by atoms with Crippen LogP contribution in [-0.4, -0.2) is 30.7 Å². The van der Waals surface area contributed by atoms with E-state index in [4.69, 9.17) is 16.9 Å². The number of rotatable bonds is 3. The Morgan fingerprint density at radius 2 is 2.16 bits per heavy atom. The van der Waals surface area contributed by atoms with Crippen LogP contribution in [0.2, 0.25) is 5.02 Å². The first-order chi connectivity index (χ1) is 9.04. The van der Waals surface area contributed by atoms with Gasteiger partial charge in [-0.3, -0.25) is 19.3 Å². The third kappa shape index (κ3) is 2.41. The average Bonchev–Trinajstić information content (AvgIpc) is 2.61. The van der Waals surface area contributed by atoms with Gasteiger partial charge in [-0.2, -0.15) is 5.26 Å². The fourth-order valence-corrected chi connectivity index (χ4v) is 1.94. The third-order valence-corrected chi connectivity index (χ3v) is 2.83. The average molecular weight is 278 g/mol. The summed E-state index contributed by atoms with van der Waals surface area (Å²) in [6.07, 6.45) is 0. The summed E-state index contributed by atoms with van der Waals surface area (Å²) in [5.74, 6) is -1.97. The zero-order valence-electron chi connectivity index (χ0n) is 9.64. The number of Topliss-reactive ketones (excluding diaryl/α,β-unsaturated/α-hetero) is 1. The quantitative estimate of drug-likeness (QED) is 0.644. The van der Waals surface area contributed by atoms with E-state index in [2.05, 4.69) is 5.32 Å².